The van der Waals surface area contributed by atoms with E-state index in [0.29, 0.717) is 0 Å². The van der Waals surface area contributed by atoms with Crippen LogP contribution in [-0.2, 0) is 0 Å². The predicted molar refractivity (Wildman–Crippen MR) is 116 cm³/mol. The van der Waals surface area contributed by atoms with Crippen LogP contribution in [0.15, 0.2) is 44.2 Å². The molecule has 0 aliphatic heterocycles. The van der Waals surface area contributed by atoms with Crippen molar-refractivity contribution in [2.24, 2.45) is 0 Å². The summed E-state index contributed by atoms with van der Waals surface area (Å²) in [6.45, 7) is 9.42. The molecule has 0 saturated heterocycles. The van der Waals surface area contributed by atoms with Crippen molar-refractivity contribution in [3.05, 3.63) is 39.3 Å². The van der Waals surface area contributed by atoms with E-state index in [-0.39, 0.29) is 0 Å². The summed E-state index contributed by atoms with van der Waals surface area (Å²) in [5.41, 5.74) is 0. The Hall–Kier alpha value is 0.109. The minimum atomic E-state index is -2.27. The van der Waals surface area contributed by atoms with Gasteiger partial charge in [-0.1, -0.05) is 0 Å². The quantitative estimate of drug-likeness (QED) is 0.213. The molecule has 1 rings (SSSR count). The Kier molecular flexibility index (Phi) is 12.3. The van der Waals surface area contributed by atoms with E-state index >= 15 is 0 Å². The average Bonchev–Trinajstić information content (AvgIpc) is 2.62. The molecule has 0 aliphatic rings. The van der Waals surface area contributed by atoms with Crippen LogP contribution in [0, 0.1) is 0 Å². The fraction of sp³-hybridized carbons (Fsp3) is 0.636. The second-order valence-corrected chi connectivity index (χ2v) is 22.3. The zero-order valence-corrected chi connectivity index (χ0v) is 20.1. The van der Waals surface area contributed by atoms with Crippen molar-refractivity contribution in [1.82, 2.24) is 0 Å². The average molecular weight is 453 g/mol. The molecular formula is C22H38SSn. The van der Waals surface area contributed by atoms with E-state index in [9.17, 15) is 0 Å². The summed E-state index contributed by atoms with van der Waals surface area (Å²) in [6, 6.07) is 11.1. The number of hydrogen-bond acceptors (Lipinski definition) is 1. The Morgan fingerprint density at radius 1 is 0.833 bits per heavy atom. The van der Waals surface area contributed by atoms with Gasteiger partial charge in [-0.05, 0) is 0 Å². The maximum atomic E-state index is 2.62. The maximum absolute atomic E-state index is 2.62. The molecule has 0 spiro atoms. The van der Waals surface area contributed by atoms with Crippen LogP contribution < -0.4 is 0 Å². The van der Waals surface area contributed by atoms with Gasteiger partial charge in [0.2, 0.25) is 0 Å². The molecule has 0 bridgehead atoms. The summed E-state index contributed by atoms with van der Waals surface area (Å²) in [4.78, 5) is 1.45. The van der Waals surface area contributed by atoms with Crippen LogP contribution in [0.5, 0.6) is 0 Å². The third-order valence-electron chi connectivity index (χ3n) is 4.91. The van der Waals surface area contributed by atoms with Gasteiger partial charge in [0.1, 0.15) is 0 Å². The van der Waals surface area contributed by atoms with Crippen LogP contribution in [0.25, 0.3) is 0 Å². The number of unbranched alkanes of at least 4 members (excludes halogenated alkanes) is 3. The van der Waals surface area contributed by atoms with E-state index in [4.69, 9.17) is 0 Å². The molecule has 0 atom stereocenters. The van der Waals surface area contributed by atoms with Gasteiger partial charge in [0, 0.05) is 0 Å². The van der Waals surface area contributed by atoms with Gasteiger partial charge in [-0.2, -0.15) is 0 Å². The minimum absolute atomic E-state index is 1.19. The normalized spacial score (nSPS) is 12.6. The molecule has 0 amide bonds. The van der Waals surface area contributed by atoms with Gasteiger partial charge < -0.3 is 0 Å². The molecular weight excluding hydrogens is 415 g/mol. The third-order valence-corrected chi connectivity index (χ3v) is 24.4. The fourth-order valence-electron chi connectivity index (χ4n) is 3.46. The second-order valence-electron chi connectivity index (χ2n) is 6.98. The predicted octanol–water partition coefficient (Wildman–Crippen LogP) is 8.46. The molecule has 0 aliphatic carbocycles. The van der Waals surface area contributed by atoms with Crippen molar-refractivity contribution in [3.8, 4) is 0 Å². The van der Waals surface area contributed by atoms with Crippen LogP contribution >= 0.6 is 11.8 Å². The van der Waals surface area contributed by atoms with E-state index in [2.05, 4.69) is 75.9 Å². The van der Waals surface area contributed by atoms with Crippen molar-refractivity contribution in [2.75, 3.05) is 0 Å². The van der Waals surface area contributed by atoms with Crippen LogP contribution in [0.3, 0.4) is 0 Å². The van der Waals surface area contributed by atoms with E-state index in [1.807, 2.05) is 2.92 Å². The Labute approximate surface area is 159 Å². The van der Waals surface area contributed by atoms with Gasteiger partial charge in [-0.3, -0.25) is 0 Å². The standard InChI is InChI=1S/C10H11S.3C4H9.Sn/c1-2-3-9-11-10-7-5-4-6-8-10;3*1-3-4-2;/h3-8H,2H2,1H3;3*1,3-4H2,2H3;. The number of rotatable bonds is 13. The topological polar surface area (TPSA) is 0 Å². The zero-order valence-electron chi connectivity index (χ0n) is 16.4. The van der Waals surface area contributed by atoms with Crippen LogP contribution in [-0.4, -0.2) is 18.4 Å². The first-order valence-electron chi connectivity index (χ1n) is 10.2. The summed E-state index contributed by atoms with van der Waals surface area (Å²) in [7, 11) is 0. The monoisotopic (exact) mass is 454 g/mol. The third kappa shape index (κ3) is 7.56. The zero-order chi connectivity index (χ0) is 17.7. The summed E-state index contributed by atoms with van der Waals surface area (Å²) in [5.74, 6) is 0. The summed E-state index contributed by atoms with van der Waals surface area (Å²) < 4.78 is 6.55. The van der Waals surface area contributed by atoms with Gasteiger partial charge in [0.25, 0.3) is 0 Å². The van der Waals surface area contributed by atoms with E-state index < -0.39 is 18.4 Å². The van der Waals surface area contributed by atoms with E-state index in [1.165, 1.54) is 49.8 Å². The Morgan fingerprint density at radius 3 is 1.75 bits per heavy atom. The van der Waals surface area contributed by atoms with Gasteiger partial charge in [0.15, 0.2) is 0 Å². The van der Waals surface area contributed by atoms with Crippen LogP contribution in [0.4, 0.5) is 0 Å². The molecule has 0 nitrogen and oxygen atoms in total. The first kappa shape index (κ1) is 22.2. The SMILES string of the molecule is CC/C=[C](/Sc1ccccc1)[Sn]([CH2]CCC)([CH2]CCC)[CH2]CCC. The molecule has 0 radical (unpaired) electrons. The number of thioether (sulfide) groups is 1. The summed E-state index contributed by atoms with van der Waals surface area (Å²) >= 11 is -0.147. The van der Waals surface area contributed by atoms with Gasteiger partial charge >= 0.3 is 160 Å². The Bertz CT molecular complexity index is 431. The first-order valence-corrected chi connectivity index (χ1v) is 18.5. The molecule has 136 valence electrons. The first-order chi connectivity index (χ1) is 11.7. The molecule has 1 aromatic carbocycles. The van der Waals surface area contributed by atoms with Crippen LogP contribution in [0.2, 0.25) is 13.3 Å². The van der Waals surface area contributed by atoms with Crippen molar-refractivity contribution in [3.63, 3.8) is 0 Å². The molecule has 1 aromatic rings. The molecule has 0 heterocycles. The molecule has 0 unspecified atom stereocenters. The van der Waals surface area contributed by atoms with E-state index in [1.54, 1.807) is 13.3 Å². The van der Waals surface area contributed by atoms with Crippen molar-refractivity contribution < 1.29 is 0 Å². The van der Waals surface area contributed by atoms with Crippen molar-refractivity contribution in [2.45, 2.75) is 90.8 Å². The fourth-order valence-corrected chi connectivity index (χ4v) is 24.3. The Morgan fingerprint density at radius 2 is 1.33 bits per heavy atom. The Balaban J connectivity index is 3.12. The number of allylic oxidation sites excluding steroid dienone is 1. The van der Waals surface area contributed by atoms with Crippen molar-refractivity contribution in [1.29, 1.82) is 0 Å². The number of hydrogen-bond donors (Lipinski definition) is 0. The molecule has 0 aromatic heterocycles. The van der Waals surface area contributed by atoms with Gasteiger partial charge in [0.05, 0.1) is 0 Å². The molecule has 0 saturated carbocycles. The number of benzene rings is 1. The summed E-state index contributed by atoms with van der Waals surface area (Å²) in [5, 5.41) is 0. The van der Waals surface area contributed by atoms with Crippen LogP contribution in [0.1, 0.15) is 72.6 Å². The molecule has 0 fully saturated rings. The molecule has 24 heavy (non-hydrogen) atoms. The van der Waals surface area contributed by atoms with Crippen molar-refractivity contribution >= 4 is 30.1 Å². The summed E-state index contributed by atoms with van der Waals surface area (Å²) in [6.07, 6.45) is 12.2. The second kappa shape index (κ2) is 13.3. The van der Waals surface area contributed by atoms with Gasteiger partial charge in [-0.25, -0.2) is 0 Å². The van der Waals surface area contributed by atoms with E-state index in [0.717, 1.165) is 0 Å². The van der Waals surface area contributed by atoms with Gasteiger partial charge in [-0.15, -0.1) is 0 Å². The molecule has 2 heteroatoms. The molecule has 0 N–H and O–H groups in total.